The number of hydrogen-bond acceptors (Lipinski definition) is 6. The molecule has 1 saturated heterocycles. The summed E-state index contributed by atoms with van der Waals surface area (Å²) < 4.78 is 29.1. The van der Waals surface area contributed by atoms with E-state index in [2.05, 4.69) is 0 Å². The maximum Gasteiger partial charge on any atom is 0.352 e. The van der Waals surface area contributed by atoms with Gasteiger partial charge in [-0.2, -0.15) is 0 Å². The number of carbonyl (C=O) groups is 2. The van der Waals surface area contributed by atoms with Crippen LogP contribution in [-0.2, 0) is 26.2 Å². The van der Waals surface area contributed by atoms with E-state index in [1.807, 2.05) is 0 Å². The highest BCUT2D eigenvalue weighted by atomic mass is 32.2. The van der Waals surface area contributed by atoms with Crippen LogP contribution >= 0.6 is 0 Å². The number of fused-ring (bicyclic) bond motifs is 3. The van der Waals surface area contributed by atoms with Crippen molar-refractivity contribution in [3.63, 3.8) is 0 Å². The van der Waals surface area contributed by atoms with E-state index in [1.165, 1.54) is 22.2 Å². The maximum absolute atomic E-state index is 13.9. The Labute approximate surface area is 195 Å². The molecule has 178 valence electrons. The second-order valence-electron chi connectivity index (χ2n) is 9.56. The molecule has 5 atom stereocenters. The lowest BCUT2D eigenvalue weighted by atomic mass is 9.71. The SMILES string of the molecule is C[C@@H](O)[C@H]1C(=O)N2C(C(=O)O)=C3C(CCCC3N3c4cccc5cc(CO)cc(c45)S3(=O)=O)[C@H]12. The summed E-state index contributed by atoms with van der Waals surface area (Å²) in [4.78, 5) is 26.5. The second kappa shape index (κ2) is 7.03. The van der Waals surface area contributed by atoms with Gasteiger partial charge in [-0.1, -0.05) is 18.6 Å². The Morgan fingerprint density at radius 2 is 2.00 bits per heavy atom. The average molecular weight is 485 g/mol. The molecule has 2 unspecified atom stereocenters. The molecule has 1 amide bonds. The molecule has 3 N–H and O–H groups in total. The lowest BCUT2D eigenvalue weighted by Gasteiger charge is -2.48. The third-order valence-corrected chi connectivity index (χ3v) is 9.65. The first kappa shape index (κ1) is 21.6. The predicted molar refractivity (Wildman–Crippen MR) is 121 cm³/mol. The fourth-order valence-electron chi connectivity index (χ4n) is 6.58. The molecule has 2 aromatic carbocycles. The van der Waals surface area contributed by atoms with Crippen molar-refractivity contribution in [1.29, 1.82) is 0 Å². The number of carbonyl (C=O) groups excluding carboxylic acids is 1. The number of rotatable bonds is 4. The predicted octanol–water partition coefficient (Wildman–Crippen LogP) is 1.57. The van der Waals surface area contributed by atoms with Gasteiger partial charge in [-0.3, -0.25) is 9.10 Å². The van der Waals surface area contributed by atoms with Crippen molar-refractivity contribution in [2.45, 2.75) is 55.9 Å². The zero-order chi connectivity index (χ0) is 24.1. The molecule has 2 fully saturated rings. The number of aliphatic hydroxyl groups is 2. The number of aliphatic carboxylic acids is 1. The van der Waals surface area contributed by atoms with Crippen LogP contribution < -0.4 is 4.31 Å². The summed E-state index contributed by atoms with van der Waals surface area (Å²) in [6.45, 7) is 1.22. The van der Waals surface area contributed by atoms with Crippen LogP contribution in [0, 0.1) is 11.8 Å². The van der Waals surface area contributed by atoms with Crippen LogP contribution in [0.4, 0.5) is 5.69 Å². The fourth-order valence-corrected chi connectivity index (χ4v) is 8.53. The molecular formula is C24H24N2O7S. The van der Waals surface area contributed by atoms with Crippen molar-refractivity contribution < 1.29 is 33.3 Å². The first-order chi connectivity index (χ1) is 16.2. The van der Waals surface area contributed by atoms with Gasteiger partial charge in [-0.05, 0) is 54.5 Å². The van der Waals surface area contributed by atoms with Gasteiger partial charge >= 0.3 is 5.97 Å². The van der Waals surface area contributed by atoms with E-state index in [1.54, 1.807) is 24.3 Å². The van der Waals surface area contributed by atoms with Crippen LogP contribution in [0.5, 0.6) is 0 Å². The number of anilines is 1. The lowest BCUT2D eigenvalue weighted by molar-refractivity contribution is -0.163. The molecule has 9 nitrogen and oxygen atoms in total. The van der Waals surface area contributed by atoms with Gasteiger partial charge in [0.15, 0.2) is 0 Å². The number of amides is 1. The van der Waals surface area contributed by atoms with Gasteiger partial charge in [0, 0.05) is 11.3 Å². The van der Waals surface area contributed by atoms with Gasteiger partial charge in [-0.15, -0.1) is 0 Å². The van der Waals surface area contributed by atoms with Gasteiger partial charge in [-0.25, -0.2) is 13.2 Å². The molecule has 0 bridgehead atoms. The minimum absolute atomic E-state index is 0.100. The summed E-state index contributed by atoms with van der Waals surface area (Å²) in [5, 5.41) is 31.2. The third-order valence-electron chi connectivity index (χ3n) is 7.81. The first-order valence-corrected chi connectivity index (χ1v) is 12.8. The molecule has 34 heavy (non-hydrogen) atoms. The zero-order valence-electron chi connectivity index (χ0n) is 18.4. The molecule has 3 aliphatic heterocycles. The highest BCUT2D eigenvalue weighted by molar-refractivity contribution is 7.93. The van der Waals surface area contributed by atoms with Crippen molar-refractivity contribution in [2.75, 3.05) is 4.31 Å². The lowest BCUT2D eigenvalue weighted by Crippen LogP contribution is -2.64. The van der Waals surface area contributed by atoms with E-state index in [0.29, 0.717) is 46.9 Å². The van der Waals surface area contributed by atoms with Crippen LogP contribution in [0.15, 0.2) is 46.5 Å². The number of aliphatic hydroxyl groups excluding tert-OH is 2. The van der Waals surface area contributed by atoms with E-state index in [0.717, 1.165) is 0 Å². The van der Waals surface area contributed by atoms with Gasteiger partial charge in [0.2, 0.25) is 5.91 Å². The van der Waals surface area contributed by atoms with Crippen molar-refractivity contribution in [3.05, 3.63) is 47.2 Å². The van der Waals surface area contributed by atoms with E-state index in [4.69, 9.17) is 0 Å². The van der Waals surface area contributed by atoms with Crippen LogP contribution in [0.1, 0.15) is 31.7 Å². The van der Waals surface area contributed by atoms with Crippen LogP contribution in [-0.4, -0.2) is 58.7 Å². The smallest absolute Gasteiger partial charge is 0.352 e. The molecule has 2 aromatic rings. The van der Waals surface area contributed by atoms with Gasteiger partial charge in [0.05, 0.1) is 41.3 Å². The minimum Gasteiger partial charge on any atom is -0.477 e. The number of sulfonamides is 1. The standard InChI is InChI=1S/C24H24N2O7S/c1-11(28)18-21-14-5-3-7-16(20(14)22(24(30)31)25(21)23(18)29)26-15-6-2-4-13-8-12(10-27)9-17(19(13)15)34(26,32)33/h2,4,6,8-9,11,14,16,18,21,27-28H,3,5,7,10H2,1H3,(H,30,31)/t11-,14?,16?,18-,21-/m1/s1. The second-order valence-corrected chi connectivity index (χ2v) is 11.3. The minimum atomic E-state index is -4.03. The zero-order valence-corrected chi connectivity index (χ0v) is 19.2. The van der Waals surface area contributed by atoms with E-state index < -0.39 is 46.0 Å². The van der Waals surface area contributed by atoms with Gasteiger partial charge in [0.1, 0.15) is 5.70 Å². The highest BCUT2D eigenvalue weighted by Gasteiger charge is 2.63. The third kappa shape index (κ3) is 2.53. The Kier molecular flexibility index (Phi) is 4.46. The molecule has 3 heterocycles. The highest BCUT2D eigenvalue weighted by Crippen LogP contribution is 2.55. The Morgan fingerprint density at radius 3 is 2.68 bits per heavy atom. The van der Waals surface area contributed by atoms with E-state index >= 15 is 0 Å². The largest absolute Gasteiger partial charge is 0.477 e. The first-order valence-electron chi connectivity index (χ1n) is 11.4. The van der Waals surface area contributed by atoms with Crippen molar-refractivity contribution in [3.8, 4) is 0 Å². The van der Waals surface area contributed by atoms with Crippen molar-refractivity contribution >= 4 is 38.4 Å². The van der Waals surface area contributed by atoms with E-state index in [-0.39, 0.29) is 23.1 Å². The van der Waals surface area contributed by atoms with Crippen molar-refractivity contribution in [1.82, 2.24) is 4.90 Å². The Morgan fingerprint density at radius 1 is 1.24 bits per heavy atom. The number of benzene rings is 2. The molecular weight excluding hydrogens is 460 g/mol. The van der Waals surface area contributed by atoms with Crippen molar-refractivity contribution in [2.24, 2.45) is 11.8 Å². The number of hydrogen-bond donors (Lipinski definition) is 3. The van der Waals surface area contributed by atoms with E-state index in [9.17, 15) is 33.3 Å². The Balaban J connectivity index is 1.55. The quantitative estimate of drug-likeness (QED) is 0.561. The Hall–Kier alpha value is -2.95. The summed E-state index contributed by atoms with van der Waals surface area (Å²) in [7, 11) is -4.03. The number of nitrogens with zero attached hydrogens (tertiary/aromatic N) is 2. The monoisotopic (exact) mass is 484 g/mol. The molecule has 6 rings (SSSR count). The number of β-lactam (4-membered cyclic amide) rings is 1. The summed E-state index contributed by atoms with van der Waals surface area (Å²) in [6.07, 6.45) is 0.790. The summed E-state index contributed by atoms with van der Waals surface area (Å²) in [5.41, 5.74) is 1.27. The molecule has 0 spiro atoms. The van der Waals surface area contributed by atoms with Gasteiger partial charge < -0.3 is 20.2 Å². The molecule has 10 heteroatoms. The summed E-state index contributed by atoms with van der Waals surface area (Å²) in [5.74, 6) is -2.71. The maximum atomic E-state index is 13.9. The molecule has 0 aromatic heterocycles. The number of carboxylic acid groups (broad SMARTS) is 1. The summed E-state index contributed by atoms with van der Waals surface area (Å²) in [6, 6.07) is 7.26. The molecule has 1 aliphatic carbocycles. The molecule has 1 saturated carbocycles. The fraction of sp³-hybridized carbons (Fsp3) is 0.417. The average Bonchev–Trinajstić information content (AvgIpc) is 3.21. The molecule has 0 radical (unpaired) electrons. The Bertz CT molecular complexity index is 1410. The van der Waals surface area contributed by atoms with Crippen LogP contribution in [0.25, 0.3) is 10.8 Å². The normalized spacial score (nSPS) is 29.8. The van der Waals surface area contributed by atoms with Crippen LogP contribution in [0.3, 0.4) is 0 Å². The topological polar surface area (TPSA) is 135 Å². The molecule has 4 aliphatic rings. The number of carboxylic acids is 1. The summed E-state index contributed by atoms with van der Waals surface area (Å²) >= 11 is 0. The van der Waals surface area contributed by atoms with Gasteiger partial charge in [0.25, 0.3) is 10.0 Å². The van der Waals surface area contributed by atoms with Crippen LogP contribution in [0.2, 0.25) is 0 Å².